The average Bonchev–Trinajstić information content (AvgIpc) is 2.91. The zero-order valence-corrected chi connectivity index (χ0v) is 23.2. The molecule has 41 heavy (non-hydrogen) atoms. The van der Waals surface area contributed by atoms with Crippen LogP contribution >= 0.6 is 0 Å². The third-order valence-electron chi connectivity index (χ3n) is 6.27. The number of hydrogen-bond acceptors (Lipinski definition) is 6. The van der Waals surface area contributed by atoms with E-state index in [2.05, 4.69) is 28.9 Å². The average molecular weight is 567 g/mol. The Labute approximate surface area is 238 Å². The molecule has 0 aliphatic rings. The standard InChI is InChI=1S/C31H36F2N4O4/c1-3-21-5-4-6-22(13-21)18-35-19-29(28(34)16-23-14-24(32)17-25(33)15-23)41-31(40)12-11-30(39)37-27-9-7-26(8-10-27)36-20(2)38/h4-10,13-15,17,28-29,35H,3,11-12,16,18-19,34H2,1-2H3,(H,36,38)(H,37,39)/t28-,29+/m0/s1. The molecule has 0 radical (unpaired) electrons. The summed E-state index contributed by atoms with van der Waals surface area (Å²) in [5.74, 6) is -2.65. The van der Waals surface area contributed by atoms with Gasteiger partial charge in [0.15, 0.2) is 0 Å². The van der Waals surface area contributed by atoms with Crippen molar-refractivity contribution in [2.24, 2.45) is 5.73 Å². The number of ether oxygens (including phenoxy) is 1. The van der Waals surface area contributed by atoms with Crippen molar-refractivity contribution in [3.8, 4) is 0 Å². The highest BCUT2D eigenvalue weighted by Crippen LogP contribution is 2.15. The molecule has 0 spiro atoms. The fourth-order valence-corrected chi connectivity index (χ4v) is 4.24. The van der Waals surface area contributed by atoms with Gasteiger partial charge in [0, 0.05) is 49.9 Å². The molecule has 3 aromatic carbocycles. The van der Waals surface area contributed by atoms with Gasteiger partial charge in [-0.1, -0.05) is 31.2 Å². The maximum absolute atomic E-state index is 13.7. The summed E-state index contributed by atoms with van der Waals surface area (Å²) in [6.07, 6.45) is -0.145. The van der Waals surface area contributed by atoms with Crippen molar-refractivity contribution in [2.45, 2.75) is 58.2 Å². The highest BCUT2D eigenvalue weighted by molar-refractivity contribution is 5.93. The molecule has 8 nitrogen and oxygen atoms in total. The van der Waals surface area contributed by atoms with E-state index >= 15 is 0 Å². The first-order valence-electron chi connectivity index (χ1n) is 13.5. The molecule has 0 bridgehead atoms. The molecule has 0 saturated heterocycles. The topological polar surface area (TPSA) is 123 Å². The molecule has 0 aliphatic heterocycles. The van der Waals surface area contributed by atoms with E-state index in [1.165, 1.54) is 24.6 Å². The van der Waals surface area contributed by atoms with Crippen LogP contribution in [0.5, 0.6) is 0 Å². The number of rotatable bonds is 14. The van der Waals surface area contributed by atoms with E-state index in [1.54, 1.807) is 24.3 Å². The fraction of sp³-hybridized carbons (Fsp3) is 0.323. The van der Waals surface area contributed by atoms with E-state index in [0.29, 0.717) is 23.5 Å². The molecule has 0 heterocycles. The number of esters is 1. The Bertz CT molecular complexity index is 1310. The molecule has 2 amide bonds. The zero-order valence-electron chi connectivity index (χ0n) is 23.2. The summed E-state index contributed by atoms with van der Waals surface area (Å²) < 4.78 is 33.1. The van der Waals surface area contributed by atoms with Crippen LogP contribution in [0.15, 0.2) is 66.7 Å². The second kappa shape index (κ2) is 15.6. The molecule has 0 unspecified atom stereocenters. The van der Waals surface area contributed by atoms with E-state index in [1.807, 2.05) is 18.2 Å². The Morgan fingerprint density at radius 1 is 0.854 bits per heavy atom. The molecule has 0 fully saturated rings. The SMILES string of the molecule is CCc1cccc(CNC[C@@H](OC(=O)CCC(=O)Nc2ccc(NC(C)=O)cc2)[C@@H](N)Cc2cc(F)cc(F)c2)c1. The van der Waals surface area contributed by atoms with Gasteiger partial charge in [-0.25, -0.2) is 8.78 Å². The molecule has 2 atom stereocenters. The smallest absolute Gasteiger partial charge is 0.306 e. The first kappa shape index (κ1) is 31.4. The van der Waals surface area contributed by atoms with E-state index in [9.17, 15) is 23.2 Å². The van der Waals surface area contributed by atoms with Crippen molar-refractivity contribution < 1.29 is 27.9 Å². The van der Waals surface area contributed by atoms with Gasteiger partial charge >= 0.3 is 5.97 Å². The molecule has 0 saturated carbocycles. The minimum atomic E-state index is -0.812. The van der Waals surface area contributed by atoms with E-state index < -0.39 is 29.7 Å². The van der Waals surface area contributed by atoms with Gasteiger partial charge in [-0.15, -0.1) is 0 Å². The lowest BCUT2D eigenvalue weighted by molar-refractivity contribution is -0.150. The number of carbonyl (C=O) groups excluding carboxylic acids is 3. The Kier molecular flexibility index (Phi) is 11.9. The number of benzene rings is 3. The monoisotopic (exact) mass is 566 g/mol. The lowest BCUT2D eigenvalue weighted by Crippen LogP contribution is -2.46. The van der Waals surface area contributed by atoms with Crippen LogP contribution in [0.25, 0.3) is 0 Å². The molecule has 0 aliphatic carbocycles. The predicted octanol–water partition coefficient (Wildman–Crippen LogP) is 4.48. The quantitative estimate of drug-likeness (QED) is 0.214. The summed E-state index contributed by atoms with van der Waals surface area (Å²) in [4.78, 5) is 36.2. The predicted molar refractivity (Wildman–Crippen MR) is 154 cm³/mol. The second-order valence-electron chi connectivity index (χ2n) is 9.79. The van der Waals surface area contributed by atoms with Crippen LogP contribution in [0, 0.1) is 11.6 Å². The van der Waals surface area contributed by atoms with Gasteiger partial charge in [-0.05, 0) is 65.9 Å². The van der Waals surface area contributed by atoms with E-state index in [4.69, 9.17) is 10.5 Å². The fourth-order valence-electron chi connectivity index (χ4n) is 4.24. The number of halogens is 2. The van der Waals surface area contributed by atoms with Crippen LogP contribution in [0.1, 0.15) is 43.4 Å². The van der Waals surface area contributed by atoms with E-state index in [0.717, 1.165) is 18.1 Å². The largest absolute Gasteiger partial charge is 0.459 e. The van der Waals surface area contributed by atoms with Crippen LogP contribution in [0.2, 0.25) is 0 Å². The highest BCUT2D eigenvalue weighted by atomic mass is 19.1. The van der Waals surface area contributed by atoms with Crippen molar-refractivity contribution in [1.82, 2.24) is 5.32 Å². The highest BCUT2D eigenvalue weighted by Gasteiger charge is 2.23. The van der Waals surface area contributed by atoms with Crippen LogP contribution in [-0.4, -0.2) is 36.5 Å². The van der Waals surface area contributed by atoms with Crippen molar-refractivity contribution >= 4 is 29.2 Å². The summed E-state index contributed by atoms with van der Waals surface area (Å²) in [7, 11) is 0. The minimum Gasteiger partial charge on any atom is -0.459 e. The molecular formula is C31H36F2N4O4. The summed E-state index contributed by atoms with van der Waals surface area (Å²) in [6, 6.07) is 17.0. The number of nitrogens with one attached hydrogen (secondary N) is 3. The molecule has 218 valence electrons. The normalized spacial score (nSPS) is 12.3. The lowest BCUT2D eigenvalue weighted by Gasteiger charge is -2.25. The van der Waals surface area contributed by atoms with Crippen molar-refractivity contribution in [3.63, 3.8) is 0 Å². The number of nitrogens with two attached hydrogens (primary N) is 1. The van der Waals surface area contributed by atoms with Gasteiger partial charge in [0.2, 0.25) is 11.8 Å². The summed E-state index contributed by atoms with van der Waals surface area (Å²) in [5, 5.41) is 8.58. The van der Waals surface area contributed by atoms with Crippen LogP contribution < -0.4 is 21.7 Å². The lowest BCUT2D eigenvalue weighted by atomic mass is 10.0. The van der Waals surface area contributed by atoms with Gasteiger partial charge in [0.1, 0.15) is 17.7 Å². The number of amides is 2. The second-order valence-corrected chi connectivity index (χ2v) is 9.79. The number of hydrogen-bond donors (Lipinski definition) is 4. The van der Waals surface area contributed by atoms with Gasteiger partial charge in [-0.2, -0.15) is 0 Å². The molecule has 0 aromatic heterocycles. The molecule has 3 rings (SSSR count). The Hall–Kier alpha value is -4.15. The van der Waals surface area contributed by atoms with Gasteiger partial charge in [0.05, 0.1) is 6.42 Å². The van der Waals surface area contributed by atoms with Crippen LogP contribution in [0.4, 0.5) is 20.2 Å². The minimum absolute atomic E-state index is 0.0780. The van der Waals surface area contributed by atoms with Gasteiger partial charge < -0.3 is 26.4 Å². The zero-order chi connectivity index (χ0) is 29.8. The summed E-state index contributed by atoms with van der Waals surface area (Å²) in [5.41, 5.74) is 10.0. The molecular weight excluding hydrogens is 530 g/mol. The maximum atomic E-state index is 13.7. The van der Waals surface area contributed by atoms with Crippen LogP contribution in [0.3, 0.4) is 0 Å². The maximum Gasteiger partial charge on any atom is 0.306 e. The van der Waals surface area contributed by atoms with Crippen molar-refractivity contribution in [3.05, 3.63) is 95.1 Å². The number of carbonyl (C=O) groups is 3. The Balaban J connectivity index is 1.57. The Morgan fingerprint density at radius 2 is 1.49 bits per heavy atom. The van der Waals surface area contributed by atoms with Gasteiger partial charge in [0.25, 0.3) is 0 Å². The van der Waals surface area contributed by atoms with E-state index in [-0.39, 0.29) is 37.6 Å². The molecule has 10 heteroatoms. The number of aryl methyl sites for hydroxylation is 1. The van der Waals surface area contributed by atoms with Gasteiger partial charge in [-0.3, -0.25) is 14.4 Å². The first-order chi connectivity index (χ1) is 19.6. The number of anilines is 2. The summed E-state index contributed by atoms with van der Waals surface area (Å²) in [6.45, 7) is 4.18. The Morgan fingerprint density at radius 3 is 2.12 bits per heavy atom. The third kappa shape index (κ3) is 11.1. The van der Waals surface area contributed by atoms with Crippen molar-refractivity contribution in [1.29, 1.82) is 0 Å². The third-order valence-corrected chi connectivity index (χ3v) is 6.27. The summed E-state index contributed by atoms with van der Waals surface area (Å²) >= 11 is 0. The van der Waals surface area contributed by atoms with Crippen LogP contribution in [-0.2, 0) is 38.5 Å². The molecule has 5 N–H and O–H groups in total. The first-order valence-corrected chi connectivity index (χ1v) is 13.5. The molecule has 3 aromatic rings. The van der Waals surface area contributed by atoms with Crippen molar-refractivity contribution in [2.75, 3.05) is 17.2 Å².